The van der Waals surface area contributed by atoms with Crippen molar-refractivity contribution in [1.29, 1.82) is 0 Å². The van der Waals surface area contributed by atoms with E-state index in [1.165, 1.54) is 24.3 Å². The van der Waals surface area contributed by atoms with Gasteiger partial charge < -0.3 is 20.1 Å². The number of halogens is 4. The number of hydrogen-bond donors (Lipinski definition) is 2. The lowest BCUT2D eigenvalue weighted by Gasteiger charge is -2.51. The van der Waals surface area contributed by atoms with Crippen LogP contribution in [0, 0.1) is 11.3 Å². The SMILES string of the molecule is CC(C)[C@@H](NC(=O)c1cccc(-c2ccc(OC(F)(F)F)cc2)c1)C(=O)N1CC[C@](O)(c2ccc(Cl)cc2)C(C)(C)C1. The molecule has 0 aliphatic carbocycles. The Morgan fingerprint density at radius 3 is 2.21 bits per heavy atom. The predicted octanol–water partition coefficient (Wildman–Crippen LogP) is 6.81. The van der Waals surface area contributed by atoms with Crippen LogP contribution in [0.15, 0.2) is 72.8 Å². The van der Waals surface area contributed by atoms with Gasteiger partial charge >= 0.3 is 6.36 Å². The lowest BCUT2D eigenvalue weighted by atomic mass is 9.66. The molecule has 0 bridgehead atoms. The molecule has 0 unspecified atom stereocenters. The van der Waals surface area contributed by atoms with Crippen LogP contribution in [0.4, 0.5) is 13.2 Å². The van der Waals surface area contributed by atoms with Gasteiger partial charge in [0.25, 0.3) is 5.91 Å². The summed E-state index contributed by atoms with van der Waals surface area (Å²) >= 11 is 6.04. The second-order valence-electron chi connectivity index (χ2n) is 11.6. The maximum absolute atomic E-state index is 13.7. The highest BCUT2D eigenvalue weighted by atomic mass is 35.5. The highest BCUT2D eigenvalue weighted by Gasteiger charge is 2.50. The topological polar surface area (TPSA) is 78.9 Å². The van der Waals surface area contributed by atoms with Crippen molar-refractivity contribution in [1.82, 2.24) is 10.2 Å². The van der Waals surface area contributed by atoms with Gasteiger partial charge in [-0.25, -0.2) is 0 Å². The Hall–Kier alpha value is -3.56. The van der Waals surface area contributed by atoms with E-state index in [1.54, 1.807) is 53.4 Å². The summed E-state index contributed by atoms with van der Waals surface area (Å²) in [6.07, 6.45) is -4.47. The Morgan fingerprint density at radius 1 is 1.00 bits per heavy atom. The van der Waals surface area contributed by atoms with Crippen LogP contribution in [-0.4, -0.2) is 47.3 Å². The molecule has 2 N–H and O–H groups in total. The van der Waals surface area contributed by atoms with Gasteiger partial charge in [-0.1, -0.05) is 75.7 Å². The van der Waals surface area contributed by atoms with Gasteiger partial charge in [-0.3, -0.25) is 9.59 Å². The van der Waals surface area contributed by atoms with E-state index in [1.807, 2.05) is 27.7 Å². The number of alkyl halides is 3. The molecule has 1 aliphatic heterocycles. The number of aliphatic hydroxyl groups is 1. The molecular weight excluding hydrogens is 569 g/mol. The van der Waals surface area contributed by atoms with Crippen LogP contribution < -0.4 is 10.1 Å². The molecule has 0 aromatic heterocycles. The number of ether oxygens (including phenoxy) is 1. The molecule has 1 aliphatic rings. The Labute approximate surface area is 248 Å². The summed E-state index contributed by atoms with van der Waals surface area (Å²) in [6.45, 7) is 8.12. The minimum Gasteiger partial charge on any atom is -0.406 e. The minimum absolute atomic E-state index is 0.217. The third-order valence-electron chi connectivity index (χ3n) is 7.85. The molecule has 3 aromatic rings. The summed E-state index contributed by atoms with van der Waals surface area (Å²) in [7, 11) is 0. The maximum Gasteiger partial charge on any atom is 0.573 e. The second kappa shape index (κ2) is 12.0. The largest absolute Gasteiger partial charge is 0.573 e. The normalized spacial score (nSPS) is 19.3. The van der Waals surface area contributed by atoms with Gasteiger partial charge in [0.2, 0.25) is 5.91 Å². The third-order valence-corrected chi connectivity index (χ3v) is 8.10. The van der Waals surface area contributed by atoms with Crippen molar-refractivity contribution in [2.45, 2.75) is 52.1 Å². The summed E-state index contributed by atoms with van der Waals surface area (Å²) in [5.74, 6) is -1.24. The second-order valence-corrected chi connectivity index (χ2v) is 12.0. The first kappa shape index (κ1) is 31.4. The average Bonchev–Trinajstić information content (AvgIpc) is 2.92. The molecule has 0 spiro atoms. The summed E-state index contributed by atoms with van der Waals surface area (Å²) in [6, 6.07) is 18.3. The van der Waals surface area contributed by atoms with Gasteiger partial charge in [0, 0.05) is 29.1 Å². The van der Waals surface area contributed by atoms with E-state index in [2.05, 4.69) is 10.1 Å². The highest BCUT2D eigenvalue weighted by Crippen LogP contribution is 2.46. The van der Waals surface area contributed by atoms with Crippen molar-refractivity contribution in [2.75, 3.05) is 13.1 Å². The van der Waals surface area contributed by atoms with Gasteiger partial charge in [-0.2, -0.15) is 0 Å². The quantitative estimate of drug-likeness (QED) is 0.312. The van der Waals surface area contributed by atoms with Crippen LogP contribution in [0.3, 0.4) is 0 Å². The molecular formula is C32H34ClF3N2O4. The van der Waals surface area contributed by atoms with Gasteiger partial charge in [-0.15, -0.1) is 13.2 Å². The first-order chi connectivity index (χ1) is 19.6. The molecule has 4 rings (SSSR count). The molecule has 0 radical (unpaired) electrons. The number of hydrogen-bond acceptors (Lipinski definition) is 4. The van der Waals surface area contributed by atoms with E-state index in [4.69, 9.17) is 11.6 Å². The fourth-order valence-electron chi connectivity index (χ4n) is 5.39. The molecule has 42 heavy (non-hydrogen) atoms. The molecule has 0 saturated carbocycles. The zero-order chi connectivity index (χ0) is 30.9. The van der Waals surface area contributed by atoms with Crippen LogP contribution in [0.25, 0.3) is 11.1 Å². The number of rotatable bonds is 7. The van der Waals surface area contributed by atoms with E-state index in [0.717, 1.165) is 5.56 Å². The van der Waals surface area contributed by atoms with Crippen molar-refractivity contribution in [3.63, 3.8) is 0 Å². The molecule has 224 valence electrons. The van der Waals surface area contributed by atoms with E-state index in [-0.39, 0.29) is 24.1 Å². The first-order valence-electron chi connectivity index (χ1n) is 13.6. The molecule has 3 aromatic carbocycles. The van der Waals surface area contributed by atoms with Crippen LogP contribution in [0.5, 0.6) is 5.75 Å². The number of nitrogens with zero attached hydrogens (tertiary/aromatic N) is 1. The van der Waals surface area contributed by atoms with Crippen molar-refractivity contribution < 1.29 is 32.6 Å². The Balaban J connectivity index is 1.47. The lowest BCUT2D eigenvalue weighted by molar-refractivity contribution is -0.274. The van der Waals surface area contributed by atoms with E-state index in [9.17, 15) is 27.9 Å². The van der Waals surface area contributed by atoms with Crippen molar-refractivity contribution in [2.24, 2.45) is 11.3 Å². The number of carbonyl (C=O) groups excluding carboxylic acids is 2. The van der Waals surface area contributed by atoms with Crippen LogP contribution >= 0.6 is 11.6 Å². The van der Waals surface area contributed by atoms with Gasteiger partial charge in [0.1, 0.15) is 11.8 Å². The standard InChI is InChI=1S/C32H34ClF3N2O4/c1-20(2)27(29(40)38-17-16-31(41,30(3,4)19-38)24-10-12-25(33)13-11-24)37-28(39)23-7-5-6-22(18-23)21-8-14-26(15-9-21)42-32(34,35)36/h5-15,18,20,27,41H,16-17,19H2,1-4H3,(H,37,39)/t27-,31+/m1/s1. The van der Waals surface area contributed by atoms with Gasteiger partial charge in [0.15, 0.2) is 0 Å². The maximum atomic E-state index is 13.7. The van der Waals surface area contributed by atoms with E-state index >= 15 is 0 Å². The molecule has 1 saturated heterocycles. The Kier molecular flexibility index (Phi) is 8.94. The number of nitrogens with one attached hydrogen (secondary N) is 1. The Morgan fingerprint density at radius 2 is 1.64 bits per heavy atom. The van der Waals surface area contributed by atoms with E-state index < -0.39 is 29.3 Å². The smallest absolute Gasteiger partial charge is 0.406 e. The molecule has 1 fully saturated rings. The molecule has 10 heteroatoms. The molecule has 2 amide bonds. The molecule has 2 atom stereocenters. The Bertz CT molecular complexity index is 1420. The van der Waals surface area contributed by atoms with Crippen LogP contribution in [-0.2, 0) is 10.4 Å². The highest BCUT2D eigenvalue weighted by molar-refractivity contribution is 6.30. The zero-order valence-corrected chi connectivity index (χ0v) is 24.6. The summed E-state index contributed by atoms with van der Waals surface area (Å²) in [5, 5.41) is 15.1. The number of benzene rings is 3. The fourth-order valence-corrected chi connectivity index (χ4v) is 5.52. The van der Waals surface area contributed by atoms with Crippen molar-refractivity contribution in [3.05, 3.63) is 88.9 Å². The van der Waals surface area contributed by atoms with Gasteiger partial charge in [-0.05, 0) is 65.4 Å². The fraction of sp³-hybridized carbons (Fsp3) is 0.375. The lowest BCUT2D eigenvalue weighted by Crippen LogP contribution is -2.60. The molecule has 1 heterocycles. The predicted molar refractivity (Wildman–Crippen MR) is 155 cm³/mol. The number of likely N-dealkylation sites (tertiary alicyclic amines) is 1. The number of amides is 2. The van der Waals surface area contributed by atoms with Crippen LogP contribution in [0.1, 0.15) is 50.0 Å². The van der Waals surface area contributed by atoms with Crippen molar-refractivity contribution >= 4 is 23.4 Å². The van der Waals surface area contributed by atoms with Gasteiger partial charge in [0.05, 0.1) is 5.60 Å². The number of carbonyl (C=O) groups is 2. The number of piperidine rings is 1. The van der Waals surface area contributed by atoms with Crippen LogP contribution in [0.2, 0.25) is 5.02 Å². The third kappa shape index (κ3) is 6.90. The van der Waals surface area contributed by atoms with Crippen molar-refractivity contribution in [3.8, 4) is 16.9 Å². The molecule has 6 nitrogen and oxygen atoms in total. The average molecular weight is 603 g/mol. The van der Waals surface area contributed by atoms with E-state index in [0.29, 0.717) is 34.7 Å². The summed E-state index contributed by atoms with van der Waals surface area (Å²) in [5.41, 5.74) is 0.405. The summed E-state index contributed by atoms with van der Waals surface area (Å²) in [4.78, 5) is 28.7. The first-order valence-corrected chi connectivity index (χ1v) is 14.0. The summed E-state index contributed by atoms with van der Waals surface area (Å²) < 4.78 is 41.4. The monoisotopic (exact) mass is 602 g/mol. The zero-order valence-electron chi connectivity index (χ0n) is 23.8. The minimum atomic E-state index is -4.79.